The quantitative estimate of drug-likeness (QED) is 0.407. The Bertz CT molecular complexity index is 1490. The molecule has 0 N–H and O–H groups in total. The van der Waals surface area contributed by atoms with Gasteiger partial charge in [0.05, 0.1) is 23.4 Å². The maximum atomic E-state index is 13.1. The van der Waals surface area contributed by atoms with Crippen molar-refractivity contribution in [2.24, 2.45) is 12.1 Å². The Labute approximate surface area is 206 Å². The first kappa shape index (κ1) is 21.2. The number of hydrazone groups is 1. The zero-order valence-corrected chi connectivity index (χ0v) is 20.0. The van der Waals surface area contributed by atoms with Crippen molar-refractivity contribution in [2.75, 3.05) is 11.6 Å². The summed E-state index contributed by atoms with van der Waals surface area (Å²) in [6.07, 6.45) is 1.92. The highest BCUT2D eigenvalue weighted by atomic mass is 35.5. The minimum absolute atomic E-state index is 0.242. The van der Waals surface area contributed by atoms with Crippen LogP contribution in [0.2, 0.25) is 10.0 Å². The lowest BCUT2D eigenvalue weighted by Crippen LogP contribution is -2.37. The van der Waals surface area contributed by atoms with Crippen LogP contribution < -0.4 is 10.7 Å². The standard InChI is InChI=1S/C26H21Cl2N5O/c1-31-24(30-33(25(31)34)21-12-10-20(28)11-13-21)32-16-26(15-14-17-4-2-3-5-22(17)26)23(29-32)18-6-8-19(27)9-7-18/h2-13H,14-16H2,1H3/t26-/m1/s1. The van der Waals surface area contributed by atoms with Gasteiger partial charge in [-0.3, -0.25) is 4.57 Å². The van der Waals surface area contributed by atoms with Crippen LogP contribution in [0.1, 0.15) is 23.1 Å². The van der Waals surface area contributed by atoms with Gasteiger partial charge in [0, 0.05) is 17.1 Å². The van der Waals surface area contributed by atoms with Gasteiger partial charge in [-0.1, -0.05) is 59.6 Å². The number of aryl methyl sites for hydroxylation is 1. The molecular weight excluding hydrogens is 469 g/mol. The molecule has 3 aromatic carbocycles. The Kier molecular flexibility index (Phi) is 4.90. The lowest BCUT2D eigenvalue weighted by Gasteiger charge is -2.27. The van der Waals surface area contributed by atoms with E-state index in [1.165, 1.54) is 20.4 Å². The average Bonchev–Trinajstić information content (AvgIpc) is 3.51. The second-order valence-electron chi connectivity index (χ2n) is 8.78. The van der Waals surface area contributed by atoms with Crippen molar-refractivity contribution < 1.29 is 0 Å². The van der Waals surface area contributed by atoms with E-state index in [1.807, 2.05) is 29.3 Å². The minimum Gasteiger partial charge on any atom is -0.263 e. The first-order valence-corrected chi connectivity index (χ1v) is 11.8. The largest absolute Gasteiger partial charge is 0.351 e. The van der Waals surface area contributed by atoms with Gasteiger partial charge >= 0.3 is 5.69 Å². The third-order valence-corrected chi connectivity index (χ3v) is 7.33. The Balaban J connectivity index is 1.49. The molecule has 0 radical (unpaired) electrons. The third kappa shape index (κ3) is 3.21. The number of hydrogen-bond acceptors (Lipinski definition) is 4. The first-order valence-electron chi connectivity index (χ1n) is 11.1. The fraction of sp³-hybridized carbons (Fsp3) is 0.192. The molecule has 2 aliphatic rings. The molecule has 2 heterocycles. The van der Waals surface area contributed by atoms with Crippen molar-refractivity contribution in [3.05, 3.63) is 110 Å². The Morgan fingerprint density at radius 2 is 1.59 bits per heavy atom. The fourth-order valence-corrected chi connectivity index (χ4v) is 5.39. The van der Waals surface area contributed by atoms with Crippen LogP contribution in [-0.2, 0) is 18.9 Å². The Hall–Kier alpha value is -3.35. The molecule has 0 saturated heterocycles. The first-order chi connectivity index (χ1) is 16.5. The average molecular weight is 490 g/mol. The van der Waals surface area contributed by atoms with Gasteiger partial charge in [-0.15, -0.1) is 5.10 Å². The normalized spacial score (nSPS) is 19.0. The van der Waals surface area contributed by atoms with Crippen LogP contribution in [0.25, 0.3) is 5.69 Å². The zero-order valence-electron chi connectivity index (χ0n) is 18.4. The van der Waals surface area contributed by atoms with Gasteiger partial charge in [0.25, 0.3) is 0 Å². The van der Waals surface area contributed by atoms with Crippen LogP contribution in [0.15, 0.2) is 82.7 Å². The highest BCUT2D eigenvalue weighted by molar-refractivity contribution is 6.31. The number of nitrogens with zero attached hydrogens (tertiary/aromatic N) is 5. The monoisotopic (exact) mass is 489 g/mol. The number of fused-ring (bicyclic) bond motifs is 2. The van der Waals surface area contributed by atoms with Crippen LogP contribution in [0.3, 0.4) is 0 Å². The van der Waals surface area contributed by atoms with E-state index in [0.29, 0.717) is 28.2 Å². The van der Waals surface area contributed by atoms with E-state index in [1.54, 1.807) is 31.3 Å². The van der Waals surface area contributed by atoms with Crippen molar-refractivity contribution >= 4 is 34.9 Å². The van der Waals surface area contributed by atoms with E-state index in [0.717, 1.165) is 24.1 Å². The summed E-state index contributed by atoms with van der Waals surface area (Å²) in [5.74, 6) is 0.493. The Morgan fingerprint density at radius 3 is 2.32 bits per heavy atom. The van der Waals surface area contributed by atoms with Crippen molar-refractivity contribution in [1.29, 1.82) is 0 Å². The predicted molar refractivity (Wildman–Crippen MR) is 136 cm³/mol. The second-order valence-corrected chi connectivity index (χ2v) is 9.66. The SMILES string of the molecule is Cn1c(N2C[C@@]3(CCc4ccccc43)C(c3ccc(Cl)cc3)=N2)nn(-c2ccc(Cl)cc2)c1=O. The van der Waals surface area contributed by atoms with Crippen LogP contribution in [-0.4, -0.2) is 26.6 Å². The molecule has 0 amide bonds. The molecule has 0 unspecified atom stereocenters. The minimum atomic E-state index is -0.287. The molecule has 6 nitrogen and oxygen atoms in total. The van der Waals surface area contributed by atoms with Gasteiger partial charge in [0.15, 0.2) is 0 Å². The molecule has 1 spiro atoms. The molecule has 8 heteroatoms. The molecule has 34 heavy (non-hydrogen) atoms. The lowest BCUT2D eigenvalue weighted by atomic mass is 9.75. The molecule has 1 aromatic heterocycles. The smallest absolute Gasteiger partial charge is 0.263 e. The summed E-state index contributed by atoms with van der Waals surface area (Å²) in [6, 6.07) is 23.4. The van der Waals surface area contributed by atoms with Crippen molar-refractivity contribution in [3.63, 3.8) is 0 Å². The van der Waals surface area contributed by atoms with Gasteiger partial charge in [0.2, 0.25) is 5.95 Å². The van der Waals surface area contributed by atoms with Gasteiger partial charge in [-0.25, -0.2) is 9.80 Å². The summed E-state index contributed by atoms with van der Waals surface area (Å²) in [4.78, 5) is 13.1. The van der Waals surface area contributed by atoms with Crippen molar-refractivity contribution in [2.45, 2.75) is 18.3 Å². The topological polar surface area (TPSA) is 55.4 Å². The third-order valence-electron chi connectivity index (χ3n) is 6.83. The molecule has 0 fully saturated rings. The van der Waals surface area contributed by atoms with Crippen LogP contribution in [0.4, 0.5) is 5.95 Å². The lowest BCUT2D eigenvalue weighted by molar-refractivity contribution is 0.582. The number of hydrogen-bond donors (Lipinski definition) is 0. The second kappa shape index (κ2) is 7.86. The van der Waals surface area contributed by atoms with E-state index >= 15 is 0 Å². The van der Waals surface area contributed by atoms with Crippen LogP contribution in [0.5, 0.6) is 0 Å². The molecule has 1 atom stereocenters. The predicted octanol–water partition coefficient (Wildman–Crippen LogP) is 4.99. The van der Waals surface area contributed by atoms with Gasteiger partial charge in [0.1, 0.15) is 0 Å². The Morgan fingerprint density at radius 1 is 0.912 bits per heavy atom. The number of anilines is 1. The van der Waals surface area contributed by atoms with Crippen LogP contribution in [0, 0.1) is 0 Å². The summed E-state index contributed by atoms with van der Waals surface area (Å²) < 4.78 is 2.92. The van der Waals surface area contributed by atoms with E-state index in [4.69, 9.17) is 28.3 Å². The van der Waals surface area contributed by atoms with Gasteiger partial charge in [-0.05, 0) is 65.9 Å². The van der Waals surface area contributed by atoms with E-state index in [9.17, 15) is 4.79 Å². The molecule has 4 aromatic rings. The van der Waals surface area contributed by atoms with E-state index in [-0.39, 0.29) is 11.1 Å². The van der Waals surface area contributed by atoms with Gasteiger partial charge in [-0.2, -0.15) is 9.78 Å². The zero-order chi connectivity index (χ0) is 23.4. The molecule has 0 bridgehead atoms. The highest BCUT2D eigenvalue weighted by Crippen LogP contribution is 2.46. The molecule has 0 saturated carbocycles. The number of rotatable bonds is 3. The maximum Gasteiger partial charge on any atom is 0.351 e. The molecule has 6 rings (SSSR count). The van der Waals surface area contributed by atoms with E-state index < -0.39 is 0 Å². The summed E-state index contributed by atoms with van der Waals surface area (Å²) >= 11 is 12.2. The molecular formula is C26H21Cl2N5O. The number of aromatic nitrogens is 3. The molecule has 170 valence electrons. The van der Waals surface area contributed by atoms with Crippen LogP contribution >= 0.6 is 23.2 Å². The molecule has 1 aliphatic carbocycles. The van der Waals surface area contributed by atoms with Crippen molar-refractivity contribution in [3.8, 4) is 5.69 Å². The number of benzene rings is 3. The summed E-state index contributed by atoms with van der Waals surface area (Å²) in [5, 5.41) is 12.9. The summed E-state index contributed by atoms with van der Waals surface area (Å²) in [6.45, 7) is 0.604. The fourth-order valence-electron chi connectivity index (χ4n) is 5.14. The summed E-state index contributed by atoms with van der Waals surface area (Å²) in [5.41, 5.74) is 4.74. The number of halogens is 2. The van der Waals surface area contributed by atoms with Crippen molar-refractivity contribution in [1.82, 2.24) is 14.3 Å². The molecule has 1 aliphatic heterocycles. The highest BCUT2D eigenvalue weighted by Gasteiger charge is 2.49. The summed E-state index contributed by atoms with van der Waals surface area (Å²) in [7, 11) is 1.72. The van der Waals surface area contributed by atoms with Gasteiger partial charge < -0.3 is 0 Å². The van der Waals surface area contributed by atoms with E-state index in [2.05, 4.69) is 29.4 Å². The maximum absolute atomic E-state index is 13.1.